The van der Waals surface area contributed by atoms with Crippen LogP contribution in [0.4, 0.5) is 5.82 Å². The zero-order valence-corrected chi connectivity index (χ0v) is 12.7. The van der Waals surface area contributed by atoms with Gasteiger partial charge in [-0.2, -0.15) is 5.10 Å². The molecule has 0 aliphatic carbocycles. The van der Waals surface area contributed by atoms with Gasteiger partial charge >= 0.3 is 0 Å². The highest BCUT2D eigenvalue weighted by molar-refractivity contribution is 7.99. The summed E-state index contributed by atoms with van der Waals surface area (Å²) in [5, 5.41) is 6.80. The van der Waals surface area contributed by atoms with E-state index >= 15 is 0 Å². The summed E-state index contributed by atoms with van der Waals surface area (Å²) in [4.78, 5) is 0.734. The number of halogens is 1. The summed E-state index contributed by atoms with van der Waals surface area (Å²) in [7, 11) is -3.37. The van der Waals surface area contributed by atoms with Gasteiger partial charge in [-0.05, 0) is 24.0 Å². The third kappa shape index (κ3) is 2.72. The van der Waals surface area contributed by atoms with Gasteiger partial charge in [-0.25, -0.2) is 8.42 Å². The molecule has 0 saturated heterocycles. The predicted octanol–water partition coefficient (Wildman–Crippen LogP) is 2.44. The fourth-order valence-corrected chi connectivity index (χ4v) is 4.24. The van der Waals surface area contributed by atoms with Crippen LogP contribution in [-0.2, 0) is 9.84 Å². The summed E-state index contributed by atoms with van der Waals surface area (Å²) in [6.07, 6.45) is 4.47. The Morgan fingerprint density at radius 3 is 2.58 bits per heavy atom. The Labute approximate surface area is 120 Å². The molecule has 0 saturated carbocycles. The highest BCUT2D eigenvalue weighted by Crippen LogP contribution is 2.37. The van der Waals surface area contributed by atoms with Gasteiger partial charge in [0.1, 0.15) is 5.82 Å². The number of hydrogen-bond donors (Lipinski definition) is 2. The number of rotatable bonds is 3. The number of nitrogens with two attached hydrogens (primary N) is 1. The second kappa shape index (κ2) is 5.07. The van der Waals surface area contributed by atoms with E-state index in [1.165, 1.54) is 18.0 Å². The van der Waals surface area contributed by atoms with Gasteiger partial charge in [-0.3, -0.25) is 5.10 Å². The molecular formula is C11H12ClN3O2S2. The Morgan fingerprint density at radius 1 is 1.42 bits per heavy atom. The van der Waals surface area contributed by atoms with E-state index in [2.05, 4.69) is 10.2 Å². The van der Waals surface area contributed by atoms with Crippen molar-refractivity contribution in [3.05, 3.63) is 23.4 Å². The number of aromatic amines is 1. The summed E-state index contributed by atoms with van der Waals surface area (Å²) in [5.74, 6) is 0.368. The number of aromatic nitrogens is 2. The van der Waals surface area contributed by atoms with E-state index in [0.717, 1.165) is 6.26 Å². The lowest BCUT2D eigenvalue weighted by molar-refractivity contribution is 0.600. The molecule has 2 rings (SSSR count). The molecule has 19 heavy (non-hydrogen) atoms. The zero-order chi connectivity index (χ0) is 14.2. The molecular weight excluding hydrogens is 306 g/mol. The van der Waals surface area contributed by atoms with E-state index in [0.29, 0.717) is 26.9 Å². The summed E-state index contributed by atoms with van der Waals surface area (Å²) in [6, 6.07) is 3.25. The first-order valence-electron chi connectivity index (χ1n) is 5.21. The third-order valence-electron chi connectivity index (χ3n) is 2.59. The van der Waals surface area contributed by atoms with Crippen molar-refractivity contribution >= 4 is 39.0 Å². The lowest BCUT2D eigenvalue weighted by atomic mass is 10.1. The van der Waals surface area contributed by atoms with Gasteiger partial charge in [-0.1, -0.05) is 11.6 Å². The van der Waals surface area contributed by atoms with Gasteiger partial charge in [0, 0.05) is 16.7 Å². The van der Waals surface area contributed by atoms with Crippen molar-refractivity contribution in [2.24, 2.45) is 0 Å². The van der Waals surface area contributed by atoms with Crippen molar-refractivity contribution < 1.29 is 8.42 Å². The maximum absolute atomic E-state index is 11.8. The van der Waals surface area contributed by atoms with Crippen molar-refractivity contribution in [3.63, 3.8) is 0 Å². The molecule has 0 fully saturated rings. The number of hydrogen-bond acceptors (Lipinski definition) is 5. The molecule has 0 aliphatic heterocycles. The Hall–Kier alpha value is -1.18. The van der Waals surface area contributed by atoms with Crippen LogP contribution >= 0.6 is 23.4 Å². The third-order valence-corrected chi connectivity index (χ3v) is 5.10. The summed E-state index contributed by atoms with van der Waals surface area (Å²) in [5.41, 5.74) is 6.98. The van der Waals surface area contributed by atoms with Crippen molar-refractivity contribution in [1.29, 1.82) is 0 Å². The molecule has 0 radical (unpaired) electrons. The van der Waals surface area contributed by atoms with E-state index in [1.54, 1.807) is 18.4 Å². The van der Waals surface area contributed by atoms with Crippen molar-refractivity contribution in [1.82, 2.24) is 10.2 Å². The first-order valence-corrected chi connectivity index (χ1v) is 8.71. The molecule has 3 N–H and O–H groups in total. The van der Waals surface area contributed by atoms with Gasteiger partial charge in [0.15, 0.2) is 9.84 Å². The van der Waals surface area contributed by atoms with Gasteiger partial charge in [0.05, 0.1) is 16.1 Å². The van der Waals surface area contributed by atoms with E-state index in [1.807, 2.05) is 0 Å². The summed E-state index contributed by atoms with van der Waals surface area (Å²) in [6.45, 7) is 0. The lowest BCUT2D eigenvalue weighted by Crippen LogP contribution is -2.01. The molecule has 0 unspecified atom stereocenters. The van der Waals surface area contributed by atoms with E-state index in [4.69, 9.17) is 17.3 Å². The highest BCUT2D eigenvalue weighted by atomic mass is 35.5. The minimum atomic E-state index is -3.37. The second-order valence-corrected chi connectivity index (χ2v) is 7.17. The number of nitrogens with zero attached hydrogens (tertiary/aromatic N) is 1. The zero-order valence-electron chi connectivity index (χ0n) is 10.3. The maximum Gasteiger partial charge on any atom is 0.176 e. The second-order valence-electron chi connectivity index (χ2n) is 3.96. The molecule has 0 spiro atoms. The lowest BCUT2D eigenvalue weighted by Gasteiger charge is -2.10. The average molecular weight is 318 g/mol. The fourth-order valence-electron chi connectivity index (χ4n) is 1.72. The van der Waals surface area contributed by atoms with Crippen LogP contribution in [0.1, 0.15) is 0 Å². The minimum Gasteiger partial charge on any atom is -0.384 e. The smallest absolute Gasteiger partial charge is 0.176 e. The molecule has 102 valence electrons. The molecule has 0 aliphatic rings. The molecule has 0 bridgehead atoms. The topological polar surface area (TPSA) is 88.8 Å². The van der Waals surface area contributed by atoms with E-state index in [9.17, 15) is 8.42 Å². The summed E-state index contributed by atoms with van der Waals surface area (Å²) >= 11 is 7.45. The highest BCUT2D eigenvalue weighted by Gasteiger charge is 2.19. The van der Waals surface area contributed by atoms with Crippen LogP contribution in [0.2, 0.25) is 5.02 Å². The monoisotopic (exact) mass is 317 g/mol. The number of nitrogens with one attached hydrogen (secondary N) is 1. The van der Waals surface area contributed by atoms with Crippen LogP contribution in [0.25, 0.3) is 11.1 Å². The number of H-pyrrole nitrogens is 1. The largest absolute Gasteiger partial charge is 0.384 e. The molecule has 8 heteroatoms. The molecule has 1 aromatic carbocycles. The SMILES string of the molecule is CSc1c(Cl)cc(-c2cn[nH]c2N)cc1S(C)(=O)=O. The van der Waals surface area contributed by atoms with Gasteiger partial charge in [0.2, 0.25) is 0 Å². The number of nitrogen functional groups attached to an aromatic ring is 1. The molecule has 5 nitrogen and oxygen atoms in total. The van der Waals surface area contributed by atoms with Crippen molar-refractivity contribution in [2.45, 2.75) is 9.79 Å². The maximum atomic E-state index is 11.8. The van der Waals surface area contributed by atoms with E-state index < -0.39 is 9.84 Å². The Kier molecular flexibility index (Phi) is 3.80. The Bertz CT molecular complexity index is 726. The van der Waals surface area contributed by atoms with Crippen molar-refractivity contribution in [2.75, 3.05) is 18.2 Å². The molecule has 0 atom stereocenters. The predicted molar refractivity (Wildman–Crippen MR) is 78.3 cm³/mol. The van der Waals surface area contributed by atoms with Gasteiger partial charge in [0.25, 0.3) is 0 Å². The summed E-state index contributed by atoms with van der Waals surface area (Å²) < 4.78 is 23.7. The number of anilines is 1. The normalized spacial score (nSPS) is 11.7. The minimum absolute atomic E-state index is 0.197. The van der Waals surface area contributed by atoms with E-state index in [-0.39, 0.29) is 4.90 Å². The number of thioether (sulfide) groups is 1. The average Bonchev–Trinajstić information content (AvgIpc) is 2.73. The van der Waals surface area contributed by atoms with Crippen LogP contribution in [0, 0.1) is 0 Å². The standard InChI is InChI=1S/C11H12ClN3O2S2/c1-18-10-8(12)3-6(4-9(10)19(2,16)17)7-5-14-15-11(7)13/h3-5H,1-2H3,(H3,13,14,15). The Morgan fingerprint density at radius 2 is 2.11 bits per heavy atom. The molecule has 2 aromatic rings. The fraction of sp³-hybridized carbons (Fsp3) is 0.182. The van der Waals surface area contributed by atoms with Crippen LogP contribution < -0.4 is 5.73 Å². The van der Waals surface area contributed by atoms with Crippen molar-refractivity contribution in [3.8, 4) is 11.1 Å². The first-order chi connectivity index (χ1) is 8.84. The van der Waals surface area contributed by atoms with Gasteiger partial charge < -0.3 is 5.73 Å². The molecule has 0 amide bonds. The number of benzene rings is 1. The van der Waals surface area contributed by atoms with Crippen LogP contribution in [0.3, 0.4) is 0 Å². The van der Waals surface area contributed by atoms with Crippen LogP contribution in [0.5, 0.6) is 0 Å². The van der Waals surface area contributed by atoms with Gasteiger partial charge in [-0.15, -0.1) is 11.8 Å². The molecule has 1 aromatic heterocycles. The van der Waals surface area contributed by atoms with Crippen LogP contribution in [-0.4, -0.2) is 31.1 Å². The quantitative estimate of drug-likeness (QED) is 0.849. The van der Waals surface area contributed by atoms with Crippen LogP contribution in [0.15, 0.2) is 28.1 Å². The first kappa shape index (κ1) is 14.2. The number of sulfone groups is 1. The Balaban J connectivity index is 2.75. The molecule has 1 heterocycles.